The van der Waals surface area contributed by atoms with Crippen molar-refractivity contribution >= 4 is 17.4 Å². The van der Waals surface area contributed by atoms with E-state index in [1.165, 1.54) is 0 Å². The molecule has 1 saturated heterocycles. The smallest absolute Gasteiger partial charge is 0.319 e. The fraction of sp³-hybridized carbons (Fsp3) is 0.462. The van der Waals surface area contributed by atoms with E-state index in [0.717, 1.165) is 37.7 Å². The van der Waals surface area contributed by atoms with E-state index in [4.69, 9.17) is 4.74 Å². The van der Waals surface area contributed by atoms with Crippen LogP contribution in [0.2, 0.25) is 0 Å². The van der Waals surface area contributed by atoms with Crippen molar-refractivity contribution in [1.82, 2.24) is 5.32 Å². The lowest BCUT2D eigenvalue weighted by Crippen LogP contribution is -2.37. The zero-order valence-electron chi connectivity index (χ0n) is 10.6. The number of carbonyl (C=O) groups excluding carboxylic acids is 1. The van der Waals surface area contributed by atoms with Gasteiger partial charge in [-0.3, -0.25) is 0 Å². The Morgan fingerprint density at radius 3 is 2.78 bits per heavy atom. The summed E-state index contributed by atoms with van der Waals surface area (Å²) in [5, 5.41) is 5.61. The summed E-state index contributed by atoms with van der Waals surface area (Å²) in [5.41, 5.74) is 1.89. The molecule has 0 aliphatic carbocycles. The average molecular weight is 249 g/mol. The number of rotatable bonds is 3. The molecule has 0 unspecified atom stereocenters. The number of urea groups is 1. The topological polar surface area (TPSA) is 53.6 Å². The molecule has 2 rings (SSSR count). The molecule has 0 bridgehead atoms. The second kappa shape index (κ2) is 6.26. The second-order valence-corrected chi connectivity index (χ2v) is 4.10. The van der Waals surface area contributed by atoms with Gasteiger partial charge < -0.3 is 20.3 Å². The molecule has 0 radical (unpaired) electrons. The fourth-order valence-electron chi connectivity index (χ4n) is 1.99. The van der Waals surface area contributed by atoms with Gasteiger partial charge >= 0.3 is 6.03 Å². The Labute approximate surface area is 107 Å². The highest BCUT2D eigenvalue weighted by atomic mass is 16.5. The molecule has 0 spiro atoms. The highest BCUT2D eigenvalue weighted by molar-refractivity contribution is 5.93. The van der Waals surface area contributed by atoms with E-state index in [0.29, 0.717) is 6.54 Å². The van der Waals surface area contributed by atoms with Gasteiger partial charge in [-0.15, -0.1) is 0 Å². The van der Waals surface area contributed by atoms with E-state index in [9.17, 15) is 4.79 Å². The Hall–Kier alpha value is -1.75. The predicted octanol–water partition coefficient (Wildman–Crippen LogP) is 1.66. The molecule has 0 aromatic heterocycles. The minimum atomic E-state index is -0.168. The maximum absolute atomic E-state index is 11.6. The molecule has 2 N–H and O–H groups in total. The minimum Gasteiger partial charge on any atom is -0.378 e. The Balaban J connectivity index is 2.11. The van der Waals surface area contributed by atoms with Crippen molar-refractivity contribution < 1.29 is 9.53 Å². The highest BCUT2D eigenvalue weighted by Gasteiger charge is 2.15. The van der Waals surface area contributed by atoms with E-state index in [-0.39, 0.29) is 6.03 Å². The number of carbonyl (C=O) groups is 1. The molecular weight excluding hydrogens is 230 g/mol. The zero-order chi connectivity index (χ0) is 12.8. The number of anilines is 2. The van der Waals surface area contributed by atoms with Crippen LogP contribution in [0.25, 0.3) is 0 Å². The van der Waals surface area contributed by atoms with Crippen molar-refractivity contribution in [3.63, 3.8) is 0 Å². The van der Waals surface area contributed by atoms with Crippen LogP contribution in [0.3, 0.4) is 0 Å². The normalized spacial score (nSPS) is 15.3. The standard InChI is InChI=1S/C13H19N3O2/c1-2-14-13(17)15-11-5-3-4-6-12(11)16-7-9-18-10-8-16/h3-6H,2,7-10H2,1H3,(H2,14,15,17). The van der Waals surface area contributed by atoms with E-state index < -0.39 is 0 Å². The third-order valence-electron chi connectivity index (χ3n) is 2.84. The molecule has 1 aliphatic rings. The van der Waals surface area contributed by atoms with Crippen molar-refractivity contribution in [2.24, 2.45) is 0 Å². The van der Waals surface area contributed by atoms with Gasteiger partial charge in [0.2, 0.25) is 0 Å². The quantitative estimate of drug-likeness (QED) is 0.856. The third kappa shape index (κ3) is 3.13. The molecular formula is C13H19N3O2. The van der Waals surface area contributed by atoms with E-state index >= 15 is 0 Å². The molecule has 18 heavy (non-hydrogen) atoms. The van der Waals surface area contributed by atoms with E-state index in [1.807, 2.05) is 31.2 Å². The van der Waals surface area contributed by atoms with Crippen LogP contribution in [0.15, 0.2) is 24.3 Å². The molecule has 5 heteroatoms. The first kappa shape index (κ1) is 12.7. The van der Waals surface area contributed by atoms with Crippen molar-refractivity contribution in [1.29, 1.82) is 0 Å². The summed E-state index contributed by atoms with van der Waals surface area (Å²) in [5.74, 6) is 0. The lowest BCUT2D eigenvalue weighted by Gasteiger charge is -2.30. The van der Waals surface area contributed by atoms with Gasteiger partial charge in [0.05, 0.1) is 24.6 Å². The zero-order valence-corrected chi connectivity index (χ0v) is 10.6. The lowest BCUT2D eigenvalue weighted by atomic mass is 10.2. The molecule has 98 valence electrons. The first-order valence-corrected chi connectivity index (χ1v) is 6.28. The number of nitrogens with one attached hydrogen (secondary N) is 2. The van der Waals surface area contributed by atoms with Crippen LogP contribution in [0.4, 0.5) is 16.2 Å². The van der Waals surface area contributed by atoms with Gasteiger partial charge in [0, 0.05) is 19.6 Å². The molecule has 0 saturated carbocycles. The van der Waals surface area contributed by atoms with E-state index in [2.05, 4.69) is 15.5 Å². The van der Waals surface area contributed by atoms with Crippen LogP contribution in [-0.2, 0) is 4.74 Å². The van der Waals surface area contributed by atoms with E-state index in [1.54, 1.807) is 0 Å². The monoisotopic (exact) mass is 249 g/mol. The Morgan fingerprint density at radius 2 is 2.06 bits per heavy atom. The number of ether oxygens (including phenoxy) is 1. The number of nitrogens with zero attached hydrogens (tertiary/aromatic N) is 1. The summed E-state index contributed by atoms with van der Waals surface area (Å²) in [7, 11) is 0. The van der Waals surface area contributed by atoms with Crippen molar-refractivity contribution in [3.8, 4) is 0 Å². The number of amides is 2. The summed E-state index contributed by atoms with van der Waals surface area (Å²) >= 11 is 0. The first-order valence-electron chi connectivity index (χ1n) is 6.28. The Bertz CT molecular complexity index is 403. The van der Waals surface area contributed by atoms with Gasteiger partial charge in [-0.2, -0.15) is 0 Å². The summed E-state index contributed by atoms with van der Waals surface area (Å²) in [6.07, 6.45) is 0. The predicted molar refractivity (Wildman–Crippen MR) is 72.2 cm³/mol. The molecule has 0 atom stereocenters. The minimum absolute atomic E-state index is 0.168. The SMILES string of the molecule is CCNC(=O)Nc1ccccc1N1CCOCC1. The molecule has 1 aromatic carbocycles. The van der Waals surface area contributed by atoms with Gasteiger partial charge in [0.1, 0.15) is 0 Å². The second-order valence-electron chi connectivity index (χ2n) is 4.10. The first-order chi connectivity index (χ1) is 8.81. The summed E-state index contributed by atoms with van der Waals surface area (Å²) in [6, 6.07) is 7.67. The van der Waals surface area contributed by atoms with Crippen LogP contribution >= 0.6 is 0 Å². The van der Waals surface area contributed by atoms with Gasteiger partial charge in [0.25, 0.3) is 0 Å². The maximum atomic E-state index is 11.6. The Morgan fingerprint density at radius 1 is 1.33 bits per heavy atom. The van der Waals surface area contributed by atoms with Gasteiger partial charge in [-0.1, -0.05) is 12.1 Å². The Kier molecular flexibility index (Phi) is 4.41. The van der Waals surface area contributed by atoms with Crippen molar-refractivity contribution in [2.45, 2.75) is 6.92 Å². The third-order valence-corrected chi connectivity index (χ3v) is 2.84. The highest BCUT2D eigenvalue weighted by Crippen LogP contribution is 2.26. The van der Waals surface area contributed by atoms with Crippen LogP contribution in [0, 0.1) is 0 Å². The van der Waals surface area contributed by atoms with Gasteiger partial charge in [-0.25, -0.2) is 4.79 Å². The molecule has 1 aromatic rings. The number of hydrogen-bond acceptors (Lipinski definition) is 3. The van der Waals surface area contributed by atoms with Crippen LogP contribution < -0.4 is 15.5 Å². The summed E-state index contributed by atoms with van der Waals surface area (Å²) in [4.78, 5) is 13.8. The van der Waals surface area contributed by atoms with Crippen molar-refractivity contribution in [2.75, 3.05) is 43.1 Å². The van der Waals surface area contributed by atoms with Gasteiger partial charge in [0.15, 0.2) is 0 Å². The molecule has 1 heterocycles. The van der Waals surface area contributed by atoms with Crippen LogP contribution in [-0.4, -0.2) is 38.9 Å². The number of morpholine rings is 1. The number of para-hydroxylation sites is 2. The van der Waals surface area contributed by atoms with Gasteiger partial charge in [-0.05, 0) is 19.1 Å². The molecule has 1 aliphatic heterocycles. The summed E-state index contributed by atoms with van der Waals surface area (Å²) in [6.45, 7) is 5.69. The summed E-state index contributed by atoms with van der Waals surface area (Å²) < 4.78 is 5.34. The maximum Gasteiger partial charge on any atom is 0.319 e. The number of benzene rings is 1. The largest absolute Gasteiger partial charge is 0.378 e. The van der Waals surface area contributed by atoms with Crippen LogP contribution in [0.1, 0.15) is 6.92 Å². The molecule has 1 fully saturated rings. The lowest BCUT2D eigenvalue weighted by molar-refractivity contribution is 0.123. The fourth-order valence-corrected chi connectivity index (χ4v) is 1.99. The average Bonchev–Trinajstić information content (AvgIpc) is 2.40. The number of hydrogen-bond donors (Lipinski definition) is 2. The van der Waals surface area contributed by atoms with Crippen molar-refractivity contribution in [3.05, 3.63) is 24.3 Å². The molecule has 2 amide bonds. The van der Waals surface area contributed by atoms with Crippen LogP contribution in [0.5, 0.6) is 0 Å². The molecule has 5 nitrogen and oxygen atoms in total.